The predicted octanol–water partition coefficient (Wildman–Crippen LogP) is 1.54. The van der Waals surface area contributed by atoms with Crippen molar-refractivity contribution >= 4 is 52.2 Å². The third-order valence-electron chi connectivity index (χ3n) is 1.02. The molecule has 11 heavy (non-hydrogen) atoms. The van der Waals surface area contributed by atoms with Gasteiger partial charge in [-0.2, -0.15) is 0 Å². The molecule has 0 amide bonds. The summed E-state index contributed by atoms with van der Waals surface area (Å²) in [6, 6.07) is 6.46. The van der Waals surface area contributed by atoms with Gasteiger partial charge in [-0.15, -0.1) is 0 Å². The van der Waals surface area contributed by atoms with Crippen LogP contribution in [0.25, 0.3) is 0 Å². The van der Waals surface area contributed by atoms with E-state index in [4.69, 9.17) is 16.2 Å². The average Bonchev–Trinajstić information content (AvgIpc) is 1.88. The second-order valence-corrected chi connectivity index (χ2v) is 3.02. The van der Waals surface area contributed by atoms with E-state index in [2.05, 4.69) is 0 Å². The Bertz CT molecular complexity index is 267. The molecule has 1 N–H and O–H groups in total. The molecule has 1 atom stereocenters. The fourth-order valence-electron chi connectivity index (χ4n) is 0.586. The van der Waals surface area contributed by atoms with Crippen molar-refractivity contribution in [3.05, 3.63) is 29.3 Å². The maximum atomic E-state index is 10.4. The SMILES string of the molecule is O=S(O)c1ccccc1Cl.[Na]. The number of rotatable bonds is 1. The van der Waals surface area contributed by atoms with Crippen LogP contribution in [0.15, 0.2) is 29.2 Å². The molecule has 0 aliphatic carbocycles. The maximum Gasteiger partial charge on any atom is 0.188 e. The Morgan fingerprint density at radius 3 is 2.27 bits per heavy atom. The van der Waals surface area contributed by atoms with Crippen molar-refractivity contribution in [3.63, 3.8) is 0 Å². The van der Waals surface area contributed by atoms with Gasteiger partial charge in [-0.05, 0) is 12.1 Å². The van der Waals surface area contributed by atoms with Crippen molar-refractivity contribution in [2.75, 3.05) is 0 Å². The molecular formula is C6H5ClNaO2S. The molecule has 0 aromatic heterocycles. The Kier molecular flexibility index (Phi) is 5.60. The van der Waals surface area contributed by atoms with Gasteiger partial charge in [0.15, 0.2) is 11.1 Å². The summed E-state index contributed by atoms with van der Waals surface area (Å²) >= 11 is 3.59. The van der Waals surface area contributed by atoms with Crippen molar-refractivity contribution in [2.24, 2.45) is 0 Å². The molecule has 0 saturated carbocycles. The number of hydrogen-bond acceptors (Lipinski definition) is 1. The molecule has 0 saturated heterocycles. The number of benzene rings is 1. The Hall–Kier alpha value is 0.620. The zero-order valence-corrected chi connectivity index (χ0v) is 9.52. The van der Waals surface area contributed by atoms with Gasteiger partial charge in [0.2, 0.25) is 0 Å². The van der Waals surface area contributed by atoms with Crippen LogP contribution in [0.2, 0.25) is 5.02 Å². The van der Waals surface area contributed by atoms with Gasteiger partial charge in [0.1, 0.15) is 0 Å². The van der Waals surface area contributed by atoms with E-state index in [1.54, 1.807) is 18.2 Å². The average molecular weight is 200 g/mol. The van der Waals surface area contributed by atoms with Gasteiger partial charge in [-0.1, -0.05) is 23.7 Å². The topological polar surface area (TPSA) is 37.3 Å². The van der Waals surface area contributed by atoms with Gasteiger partial charge in [0.25, 0.3) is 0 Å². The van der Waals surface area contributed by atoms with Crippen LogP contribution in [-0.2, 0) is 11.1 Å². The number of halogens is 1. The van der Waals surface area contributed by atoms with Crippen LogP contribution in [-0.4, -0.2) is 38.3 Å². The maximum absolute atomic E-state index is 10.4. The van der Waals surface area contributed by atoms with Crippen molar-refractivity contribution in [1.82, 2.24) is 0 Å². The van der Waals surface area contributed by atoms with Crippen LogP contribution in [0.4, 0.5) is 0 Å². The molecule has 1 aromatic rings. The molecule has 0 bridgehead atoms. The zero-order chi connectivity index (χ0) is 7.56. The summed E-state index contributed by atoms with van der Waals surface area (Å²) in [6.07, 6.45) is 0. The third kappa shape index (κ3) is 3.23. The summed E-state index contributed by atoms with van der Waals surface area (Å²) in [7, 11) is 0. The van der Waals surface area contributed by atoms with Gasteiger partial charge in [-0.3, -0.25) is 0 Å². The van der Waals surface area contributed by atoms with Crippen molar-refractivity contribution in [3.8, 4) is 0 Å². The normalized spacial score (nSPS) is 11.8. The van der Waals surface area contributed by atoms with Crippen molar-refractivity contribution in [2.45, 2.75) is 4.90 Å². The minimum atomic E-state index is -1.97. The molecule has 0 aliphatic heterocycles. The third-order valence-corrected chi connectivity index (χ3v) is 2.20. The van der Waals surface area contributed by atoms with E-state index in [1.807, 2.05) is 0 Å². The first-order valence-corrected chi connectivity index (χ1v) is 4.05. The van der Waals surface area contributed by atoms with E-state index in [0.717, 1.165) is 0 Å². The summed E-state index contributed by atoms with van der Waals surface area (Å²) in [5.41, 5.74) is 0. The Morgan fingerprint density at radius 1 is 1.36 bits per heavy atom. The molecule has 2 nitrogen and oxygen atoms in total. The fraction of sp³-hybridized carbons (Fsp3) is 0. The van der Waals surface area contributed by atoms with E-state index in [-0.39, 0.29) is 34.5 Å². The largest absolute Gasteiger partial charge is 0.302 e. The van der Waals surface area contributed by atoms with Crippen molar-refractivity contribution < 1.29 is 8.76 Å². The van der Waals surface area contributed by atoms with Gasteiger partial charge in [0, 0.05) is 29.6 Å². The molecule has 1 aromatic carbocycles. The van der Waals surface area contributed by atoms with Crippen LogP contribution in [0, 0.1) is 0 Å². The van der Waals surface area contributed by atoms with E-state index in [9.17, 15) is 4.21 Å². The minimum Gasteiger partial charge on any atom is -0.302 e. The molecule has 5 heteroatoms. The molecular weight excluding hydrogens is 195 g/mol. The van der Waals surface area contributed by atoms with Crippen LogP contribution in [0.3, 0.4) is 0 Å². The van der Waals surface area contributed by atoms with E-state index in [0.29, 0.717) is 5.02 Å². The zero-order valence-electron chi connectivity index (χ0n) is 5.95. The summed E-state index contributed by atoms with van der Waals surface area (Å²) < 4.78 is 19.0. The first kappa shape index (κ1) is 11.6. The molecule has 0 aliphatic rings. The number of hydrogen-bond donors (Lipinski definition) is 1. The molecule has 1 radical (unpaired) electrons. The quantitative estimate of drug-likeness (QED) is 0.550. The Balaban J connectivity index is 0.000001000. The second-order valence-electron chi connectivity index (χ2n) is 1.68. The van der Waals surface area contributed by atoms with Crippen LogP contribution >= 0.6 is 11.6 Å². The molecule has 0 heterocycles. The smallest absolute Gasteiger partial charge is 0.188 e. The van der Waals surface area contributed by atoms with Crippen molar-refractivity contribution in [1.29, 1.82) is 0 Å². The minimum absolute atomic E-state index is 0. The van der Waals surface area contributed by atoms with E-state index in [1.165, 1.54) is 6.07 Å². The van der Waals surface area contributed by atoms with E-state index >= 15 is 0 Å². The summed E-state index contributed by atoms with van der Waals surface area (Å²) in [5, 5.41) is 0.323. The molecule has 0 spiro atoms. The standard InChI is InChI=1S/C6H5ClO2S.Na/c7-5-3-1-2-4-6(5)10(8)9;/h1-4H,(H,8,9);. The van der Waals surface area contributed by atoms with Gasteiger partial charge >= 0.3 is 0 Å². The molecule has 0 fully saturated rings. The first-order chi connectivity index (χ1) is 4.72. The summed E-state index contributed by atoms with van der Waals surface area (Å²) in [6.45, 7) is 0. The van der Waals surface area contributed by atoms with Crippen LogP contribution < -0.4 is 0 Å². The second kappa shape index (κ2) is 5.30. The monoisotopic (exact) mass is 199 g/mol. The van der Waals surface area contributed by atoms with Gasteiger partial charge < -0.3 is 4.55 Å². The Labute approximate surface area is 94.5 Å². The Morgan fingerprint density at radius 2 is 1.91 bits per heavy atom. The molecule has 1 unspecified atom stereocenters. The molecule has 55 valence electrons. The van der Waals surface area contributed by atoms with Crippen LogP contribution in [0.1, 0.15) is 0 Å². The predicted molar refractivity (Wildman–Crippen MR) is 46.2 cm³/mol. The first-order valence-electron chi connectivity index (χ1n) is 2.57. The summed E-state index contributed by atoms with van der Waals surface area (Å²) in [4.78, 5) is 0.254. The van der Waals surface area contributed by atoms with Gasteiger partial charge in [-0.25, -0.2) is 4.21 Å². The van der Waals surface area contributed by atoms with E-state index < -0.39 is 11.1 Å². The van der Waals surface area contributed by atoms with Crippen LogP contribution in [0.5, 0.6) is 0 Å². The summed E-state index contributed by atoms with van der Waals surface area (Å²) in [5.74, 6) is 0. The fourth-order valence-corrected chi connectivity index (χ4v) is 1.35. The molecule has 1 rings (SSSR count). The van der Waals surface area contributed by atoms with Gasteiger partial charge in [0.05, 0.1) is 9.92 Å².